The van der Waals surface area contributed by atoms with Crippen LogP contribution in [0.25, 0.3) is 0 Å². The molecule has 128 valence electrons. The lowest BCUT2D eigenvalue weighted by Gasteiger charge is -2.21. The molecule has 1 fully saturated rings. The van der Waals surface area contributed by atoms with E-state index in [1.165, 1.54) is 0 Å². The molecule has 4 rings (SSSR count). The zero-order valence-electron chi connectivity index (χ0n) is 13.7. The van der Waals surface area contributed by atoms with Crippen LogP contribution in [0.2, 0.25) is 0 Å². The summed E-state index contributed by atoms with van der Waals surface area (Å²) >= 11 is 0. The minimum atomic E-state index is -0.104. The minimum absolute atomic E-state index is 0.104. The lowest BCUT2D eigenvalue weighted by Crippen LogP contribution is -2.24. The monoisotopic (exact) mass is 329 g/mol. The highest BCUT2D eigenvalue weighted by Crippen LogP contribution is 2.31. The number of hydrogen-bond acceptors (Lipinski definition) is 6. The minimum Gasteiger partial charge on any atom is -0.492 e. The summed E-state index contributed by atoms with van der Waals surface area (Å²) in [5.74, 6) is 3.01. The van der Waals surface area contributed by atoms with E-state index in [9.17, 15) is 0 Å². The molecular formula is C18H23N3O3. The standard InChI is InChI=1S/C18H23N3O3/c1-2-4-15-14(3-1)17(19-9-12-23-15)18-20-16(21-24-18)6-5-13-7-10-22-11-8-13/h1-4,13,17,19H,5-12H2. The Hall–Kier alpha value is -1.92. The maximum absolute atomic E-state index is 5.77. The molecule has 1 aromatic carbocycles. The van der Waals surface area contributed by atoms with Crippen LogP contribution in [-0.2, 0) is 11.2 Å². The first-order valence-corrected chi connectivity index (χ1v) is 8.75. The van der Waals surface area contributed by atoms with Crippen LogP contribution >= 0.6 is 0 Å². The maximum atomic E-state index is 5.77. The molecule has 1 unspecified atom stereocenters. The summed E-state index contributed by atoms with van der Waals surface area (Å²) in [5, 5.41) is 7.62. The molecule has 1 N–H and O–H groups in total. The molecule has 2 aliphatic rings. The van der Waals surface area contributed by atoms with Gasteiger partial charge >= 0.3 is 0 Å². The Balaban J connectivity index is 1.46. The number of para-hydroxylation sites is 1. The van der Waals surface area contributed by atoms with Crippen molar-refractivity contribution in [3.63, 3.8) is 0 Å². The van der Waals surface area contributed by atoms with Gasteiger partial charge in [0.2, 0.25) is 5.89 Å². The van der Waals surface area contributed by atoms with Gasteiger partial charge in [0.1, 0.15) is 18.4 Å². The smallest absolute Gasteiger partial charge is 0.248 e. The fourth-order valence-electron chi connectivity index (χ4n) is 3.40. The predicted octanol–water partition coefficient (Wildman–Crippen LogP) is 2.50. The van der Waals surface area contributed by atoms with Crippen LogP contribution in [0.4, 0.5) is 0 Å². The van der Waals surface area contributed by atoms with Crippen molar-refractivity contribution in [1.82, 2.24) is 15.5 Å². The molecule has 0 radical (unpaired) electrons. The van der Waals surface area contributed by atoms with E-state index in [1.54, 1.807) is 0 Å². The average Bonchev–Trinajstić information content (AvgIpc) is 3.00. The summed E-state index contributed by atoms with van der Waals surface area (Å²) in [6, 6.07) is 7.91. The number of nitrogens with zero attached hydrogens (tertiary/aromatic N) is 2. The van der Waals surface area contributed by atoms with E-state index in [4.69, 9.17) is 14.0 Å². The number of benzene rings is 1. The predicted molar refractivity (Wildman–Crippen MR) is 87.9 cm³/mol. The zero-order valence-corrected chi connectivity index (χ0v) is 13.7. The van der Waals surface area contributed by atoms with Gasteiger partial charge in [0.25, 0.3) is 0 Å². The number of rotatable bonds is 4. The lowest BCUT2D eigenvalue weighted by molar-refractivity contribution is 0.0638. The largest absolute Gasteiger partial charge is 0.492 e. The van der Waals surface area contributed by atoms with E-state index in [1.807, 2.05) is 24.3 Å². The van der Waals surface area contributed by atoms with Gasteiger partial charge in [0, 0.05) is 31.7 Å². The molecular weight excluding hydrogens is 306 g/mol. The van der Waals surface area contributed by atoms with Crippen molar-refractivity contribution < 1.29 is 14.0 Å². The number of ether oxygens (including phenoxy) is 2. The average molecular weight is 329 g/mol. The number of aryl methyl sites for hydroxylation is 1. The number of nitrogens with one attached hydrogen (secondary N) is 1. The van der Waals surface area contributed by atoms with Crippen molar-refractivity contribution >= 4 is 0 Å². The van der Waals surface area contributed by atoms with Crippen molar-refractivity contribution in [2.75, 3.05) is 26.4 Å². The van der Waals surface area contributed by atoms with Gasteiger partial charge in [-0.2, -0.15) is 4.98 Å². The molecule has 0 amide bonds. The second-order valence-corrected chi connectivity index (χ2v) is 6.42. The molecule has 2 aliphatic heterocycles. The van der Waals surface area contributed by atoms with Crippen molar-refractivity contribution in [2.45, 2.75) is 31.7 Å². The van der Waals surface area contributed by atoms with E-state index in [-0.39, 0.29) is 6.04 Å². The summed E-state index contributed by atoms with van der Waals surface area (Å²) < 4.78 is 16.7. The second kappa shape index (κ2) is 7.32. The first-order valence-electron chi connectivity index (χ1n) is 8.75. The zero-order chi connectivity index (χ0) is 16.2. The lowest BCUT2D eigenvalue weighted by atomic mass is 9.95. The summed E-state index contributed by atoms with van der Waals surface area (Å²) in [4.78, 5) is 4.63. The van der Waals surface area contributed by atoms with Crippen LogP contribution in [0.3, 0.4) is 0 Å². The van der Waals surface area contributed by atoms with Crippen molar-refractivity contribution in [3.05, 3.63) is 41.5 Å². The second-order valence-electron chi connectivity index (χ2n) is 6.42. The molecule has 24 heavy (non-hydrogen) atoms. The Morgan fingerprint density at radius 1 is 1.12 bits per heavy atom. The third kappa shape index (κ3) is 3.44. The molecule has 0 saturated carbocycles. The van der Waals surface area contributed by atoms with Crippen molar-refractivity contribution in [1.29, 1.82) is 0 Å². The highest BCUT2D eigenvalue weighted by atomic mass is 16.5. The van der Waals surface area contributed by atoms with Crippen LogP contribution < -0.4 is 10.1 Å². The summed E-state index contributed by atoms with van der Waals surface area (Å²) in [6.45, 7) is 3.15. The Kier molecular flexibility index (Phi) is 4.76. The summed E-state index contributed by atoms with van der Waals surface area (Å²) in [5.41, 5.74) is 1.05. The van der Waals surface area contributed by atoms with E-state index < -0.39 is 0 Å². The number of fused-ring (bicyclic) bond motifs is 1. The highest BCUT2D eigenvalue weighted by Gasteiger charge is 2.26. The molecule has 1 saturated heterocycles. The van der Waals surface area contributed by atoms with Crippen LogP contribution in [0.5, 0.6) is 5.75 Å². The Labute approximate surface area is 141 Å². The van der Waals surface area contributed by atoms with Crippen LogP contribution in [-0.4, -0.2) is 36.5 Å². The van der Waals surface area contributed by atoms with Gasteiger partial charge in [0.05, 0.1) is 0 Å². The van der Waals surface area contributed by atoms with Crippen LogP contribution in [0.1, 0.15) is 42.6 Å². The quantitative estimate of drug-likeness (QED) is 0.929. The molecule has 1 atom stereocenters. The van der Waals surface area contributed by atoms with Crippen LogP contribution in [0.15, 0.2) is 28.8 Å². The Morgan fingerprint density at radius 3 is 2.92 bits per heavy atom. The van der Waals surface area contributed by atoms with E-state index in [2.05, 4.69) is 15.5 Å². The molecule has 3 heterocycles. The first kappa shape index (κ1) is 15.6. The topological polar surface area (TPSA) is 69.4 Å². The Bertz CT molecular complexity index is 667. The van der Waals surface area contributed by atoms with Gasteiger partial charge in [-0.3, -0.25) is 5.32 Å². The van der Waals surface area contributed by atoms with Crippen molar-refractivity contribution in [2.24, 2.45) is 5.92 Å². The molecule has 6 heteroatoms. The van der Waals surface area contributed by atoms with Gasteiger partial charge in [-0.15, -0.1) is 0 Å². The molecule has 6 nitrogen and oxygen atoms in total. The maximum Gasteiger partial charge on any atom is 0.248 e. The van der Waals surface area contributed by atoms with Gasteiger partial charge < -0.3 is 14.0 Å². The molecule has 2 aromatic rings. The first-order chi connectivity index (χ1) is 11.9. The van der Waals surface area contributed by atoms with Gasteiger partial charge in [-0.1, -0.05) is 23.4 Å². The fourth-order valence-corrected chi connectivity index (χ4v) is 3.40. The Morgan fingerprint density at radius 2 is 2.00 bits per heavy atom. The third-order valence-electron chi connectivity index (χ3n) is 4.79. The third-order valence-corrected chi connectivity index (χ3v) is 4.79. The molecule has 1 aromatic heterocycles. The van der Waals surface area contributed by atoms with Gasteiger partial charge in [-0.05, 0) is 31.2 Å². The van der Waals surface area contributed by atoms with E-state index >= 15 is 0 Å². The molecule has 0 spiro atoms. The van der Waals surface area contributed by atoms with E-state index in [0.717, 1.165) is 62.6 Å². The number of aromatic nitrogens is 2. The molecule has 0 bridgehead atoms. The van der Waals surface area contributed by atoms with Crippen molar-refractivity contribution in [3.8, 4) is 5.75 Å². The number of hydrogen-bond donors (Lipinski definition) is 1. The summed E-state index contributed by atoms with van der Waals surface area (Å²) in [7, 11) is 0. The van der Waals surface area contributed by atoms with E-state index in [0.29, 0.717) is 18.4 Å². The molecule has 0 aliphatic carbocycles. The highest BCUT2D eigenvalue weighted by molar-refractivity contribution is 5.39. The SMILES string of the molecule is c1ccc2c(c1)OCCNC2c1nc(CCC2CCOCC2)no1. The van der Waals surface area contributed by atoms with Gasteiger partial charge in [-0.25, -0.2) is 0 Å². The summed E-state index contributed by atoms with van der Waals surface area (Å²) in [6.07, 6.45) is 4.23. The van der Waals surface area contributed by atoms with Crippen LogP contribution in [0, 0.1) is 5.92 Å². The fraction of sp³-hybridized carbons (Fsp3) is 0.556. The van der Waals surface area contributed by atoms with Gasteiger partial charge in [0.15, 0.2) is 5.82 Å². The normalized spacial score (nSPS) is 21.8.